The molecule has 0 radical (unpaired) electrons. The molecule has 0 saturated heterocycles. The summed E-state index contributed by atoms with van der Waals surface area (Å²) >= 11 is 0. The van der Waals surface area contributed by atoms with E-state index >= 15 is 0 Å². The topological polar surface area (TPSA) is 55.8 Å². The smallest absolute Gasteiger partial charge is 0.314 e. The highest BCUT2D eigenvalue weighted by molar-refractivity contribution is 5.82. The molecule has 4 nitrogen and oxygen atoms in total. The maximum absolute atomic E-state index is 11.8. The first-order valence-corrected chi connectivity index (χ1v) is 7.70. The van der Waals surface area contributed by atoms with E-state index in [-0.39, 0.29) is 0 Å². The van der Waals surface area contributed by atoms with Gasteiger partial charge in [0.15, 0.2) is 11.5 Å². The van der Waals surface area contributed by atoms with Gasteiger partial charge in [-0.1, -0.05) is 18.9 Å². The number of carboxylic acids is 1. The van der Waals surface area contributed by atoms with Crippen molar-refractivity contribution in [1.29, 1.82) is 0 Å². The molecule has 1 aromatic rings. The first-order chi connectivity index (χ1) is 10.2. The summed E-state index contributed by atoms with van der Waals surface area (Å²) in [6.45, 7) is 0.722. The van der Waals surface area contributed by atoms with Gasteiger partial charge >= 0.3 is 5.97 Å². The monoisotopic (exact) mass is 290 g/mol. The van der Waals surface area contributed by atoms with E-state index in [1.54, 1.807) is 7.11 Å². The predicted molar refractivity (Wildman–Crippen MR) is 79.0 cm³/mol. The molecule has 2 aliphatic rings. The molecule has 2 aliphatic carbocycles. The number of hydrogen-bond donors (Lipinski definition) is 1. The van der Waals surface area contributed by atoms with Crippen molar-refractivity contribution in [2.45, 2.75) is 43.9 Å². The summed E-state index contributed by atoms with van der Waals surface area (Å²) in [4.78, 5) is 11.8. The fourth-order valence-corrected chi connectivity index (χ4v) is 3.18. The van der Waals surface area contributed by atoms with E-state index in [0.29, 0.717) is 30.3 Å². The van der Waals surface area contributed by atoms with E-state index in [1.807, 2.05) is 18.2 Å². The largest absolute Gasteiger partial charge is 0.493 e. The minimum atomic E-state index is -0.748. The van der Waals surface area contributed by atoms with Crippen LogP contribution in [0.1, 0.15) is 44.1 Å². The molecule has 0 spiro atoms. The van der Waals surface area contributed by atoms with Crippen LogP contribution in [0.3, 0.4) is 0 Å². The fourth-order valence-electron chi connectivity index (χ4n) is 3.18. The SMILES string of the molecule is COc1cc(C2(C(=O)O)CCCC2)ccc1OCC1CC1. The highest BCUT2D eigenvalue weighted by atomic mass is 16.5. The maximum atomic E-state index is 11.8. The maximum Gasteiger partial charge on any atom is 0.314 e. The Bertz CT molecular complexity index is 528. The third-order valence-electron chi connectivity index (χ3n) is 4.75. The van der Waals surface area contributed by atoms with Crippen LogP contribution in [-0.4, -0.2) is 24.8 Å². The number of ether oxygens (including phenoxy) is 2. The summed E-state index contributed by atoms with van der Waals surface area (Å²) in [5, 5.41) is 9.66. The quantitative estimate of drug-likeness (QED) is 0.872. The van der Waals surface area contributed by atoms with Crippen LogP contribution in [0.2, 0.25) is 0 Å². The number of methoxy groups -OCH3 is 1. The number of carbonyl (C=O) groups is 1. The average Bonchev–Trinajstić information content (AvgIpc) is 3.18. The summed E-state index contributed by atoms with van der Waals surface area (Å²) in [6.07, 6.45) is 5.82. The van der Waals surface area contributed by atoms with Crippen molar-refractivity contribution in [2.75, 3.05) is 13.7 Å². The minimum absolute atomic E-state index is 0.640. The van der Waals surface area contributed by atoms with Gasteiger partial charge in [-0.2, -0.15) is 0 Å². The van der Waals surface area contributed by atoms with E-state index in [4.69, 9.17) is 9.47 Å². The van der Waals surface area contributed by atoms with Gasteiger partial charge in [-0.15, -0.1) is 0 Å². The van der Waals surface area contributed by atoms with Gasteiger partial charge in [0.05, 0.1) is 19.1 Å². The number of carboxylic acid groups (broad SMARTS) is 1. The van der Waals surface area contributed by atoms with E-state index in [9.17, 15) is 9.90 Å². The number of hydrogen-bond acceptors (Lipinski definition) is 3. The molecule has 0 amide bonds. The zero-order valence-electron chi connectivity index (χ0n) is 12.4. The molecule has 0 aliphatic heterocycles. The lowest BCUT2D eigenvalue weighted by atomic mass is 9.79. The molecule has 0 unspecified atom stereocenters. The molecule has 0 bridgehead atoms. The van der Waals surface area contributed by atoms with Crippen molar-refractivity contribution >= 4 is 5.97 Å². The van der Waals surface area contributed by atoms with Gasteiger partial charge in [0.1, 0.15) is 0 Å². The van der Waals surface area contributed by atoms with Gasteiger partial charge in [-0.05, 0) is 49.3 Å². The number of benzene rings is 1. The summed E-state index contributed by atoms with van der Waals surface area (Å²) in [6, 6.07) is 5.60. The summed E-state index contributed by atoms with van der Waals surface area (Å²) in [7, 11) is 1.60. The van der Waals surface area contributed by atoms with E-state index in [0.717, 1.165) is 25.0 Å². The standard InChI is InChI=1S/C17H22O4/c1-20-15-10-13(17(16(18)19)8-2-3-9-17)6-7-14(15)21-11-12-4-5-12/h6-7,10,12H,2-5,8-9,11H2,1H3,(H,18,19). The van der Waals surface area contributed by atoms with Crippen molar-refractivity contribution in [3.63, 3.8) is 0 Å². The number of aliphatic carboxylic acids is 1. The van der Waals surface area contributed by atoms with Crippen LogP contribution >= 0.6 is 0 Å². The van der Waals surface area contributed by atoms with Crippen LogP contribution in [0, 0.1) is 5.92 Å². The third-order valence-corrected chi connectivity index (χ3v) is 4.75. The van der Waals surface area contributed by atoms with Gasteiger partial charge in [0.2, 0.25) is 0 Å². The Balaban J connectivity index is 1.86. The van der Waals surface area contributed by atoms with Gasteiger partial charge in [-0.25, -0.2) is 0 Å². The molecule has 4 heteroatoms. The van der Waals surface area contributed by atoms with Gasteiger partial charge in [0, 0.05) is 0 Å². The van der Waals surface area contributed by atoms with E-state index in [2.05, 4.69) is 0 Å². The Kier molecular flexibility index (Phi) is 3.79. The van der Waals surface area contributed by atoms with Crippen molar-refractivity contribution in [1.82, 2.24) is 0 Å². The highest BCUT2D eigenvalue weighted by Gasteiger charge is 2.43. The van der Waals surface area contributed by atoms with Crippen LogP contribution in [0.25, 0.3) is 0 Å². The van der Waals surface area contributed by atoms with Gasteiger partial charge in [0.25, 0.3) is 0 Å². The lowest BCUT2D eigenvalue weighted by Crippen LogP contribution is -2.32. The lowest BCUT2D eigenvalue weighted by molar-refractivity contribution is -0.143. The Labute approximate surface area is 125 Å². The second-order valence-corrected chi connectivity index (χ2v) is 6.21. The summed E-state index contributed by atoms with van der Waals surface area (Å²) in [5.41, 5.74) is 0.0885. The Morgan fingerprint density at radius 1 is 1.29 bits per heavy atom. The lowest BCUT2D eigenvalue weighted by Gasteiger charge is -2.25. The van der Waals surface area contributed by atoms with Gasteiger partial charge < -0.3 is 14.6 Å². The molecule has 3 rings (SSSR count). The fraction of sp³-hybridized carbons (Fsp3) is 0.588. The van der Waals surface area contributed by atoms with Crippen LogP contribution in [-0.2, 0) is 10.2 Å². The van der Waals surface area contributed by atoms with Crippen LogP contribution in [0.15, 0.2) is 18.2 Å². The minimum Gasteiger partial charge on any atom is -0.493 e. The van der Waals surface area contributed by atoms with E-state index in [1.165, 1.54) is 12.8 Å². The van der Waals surface area contributed by atoms with Crippen molar-refractivity contribution in [3.05, 3.63) is 23.8 Å². The van der Waals surface area contributed by atoms with Crippen molar-refractivity contribution in [2.24, 2.45) is 5.92 Å². The van der Waals surface area contributed by atoms with E-state index < -0.39 is 11.4 Å². The Morgan fingerprint density at radius 2 is 2.00 bits per heavy atom. The molecule has 0 aromatic heterocycles. The third kappa shape index (κ3) is 2.71. The second-order valence-electron chi connectivity index (χ2n) is 6.21. The Morgan fingerprint density at radius 3 is 2.57 bits per heavy atom. The average molecular weight is 290 g/mol. The highest BCUT2D eigenvalue weighted by Crippen LogP contribution is 2.44. The molecule has 2 saturated carbocycles. The summed E-state index contributed by atoms with van der Waals surface area (Å²) < 4.78 is 11.2. The molecular formula is C17H22O4. The molecule has 21 heavy (non-hydrogen) atoms. The number of rotatable bonds is 6. The molecule has 0 heterocycles. The van der Waals surface area contributed by atoms with Crippen molar-refractivity contribution in [3.8, 4) is 11.5 Å². The van der Waals surface area contributed by atoms with Crippen LogP contribution < -0.4 is 9.47 Å². The second kappa shape index (κ2) is 5.58. The predicted octanol–water partition coefficient (Wildman–Crippen LogP) is 3.38. The zero-order chi connectivity index (χ0) is 14.9. The normalized spacial score (nSPS) is 20.2. The summed E-state index contributed by atoms with van der Waals surface area (Å²) in [5.74, 6) is 1.30. The van der Waals surface area contributed by atoms with Crippen molar-refractivity contribution < 1.29 is 19.4 Å². The molecule has 114 valence electrons. The molecule has 0 atom stereocenters. The Hall–Kier alpha value is -1.71. The first kappa shape index (κ1) is 14.2. The van der Waals surface area contributed by atoms with Gasteiger partial charge in [-0.3, -0.25) is 4.79 Å². The van der Waals surface area contributed by atoms with Crippen LogP contribution in [0.4, 0.5) is 0 Å². The molecule has 1 N–H and O–H groups in total. The first-order valence-electron chi connectivity index (χ1n) is 7.70. The zero-order valence-corrected chi connectivity index (χ0v) is 12.4. The van der Waals surface area contributed by atoms with Crippen LogP contribution in [0.5, 0.6) is 11.5 Å². The molecular weight excluding hydrogens is 268 g/mol. The molecule has 1 aromatic carbocycles. The molecule has 2 fully saturated rings.